The van der Waals surface area contributed by atoms with Gasteiger partial charge >= 0.3 is 0 Å². The Kier molecular flexibility index (Phi) is 2.98. The third-order valence-electron chi connectivity index (χ3n) is 2.24. The lowest BCUT2D eigenvalue weighted by Gasteiger charge is -2.22. The second-order valence-electron chi connectivity index (χ2n) is 3.97. The topological polar surface area (TPSA) is 51.8 Å². The van der Waals surface area contributed by atoms with Gasteiger partial charge in [-0.1, -0.05) is 13.8 Å². The average molecular weight is 179 g/mol. The third-order valence-corrected chi connectivity index (χ3v) is 2.24. The largest absolute Gasteiger partial charge is 0.330 e. The summed E-state index contributed by atoms with van der Waals surface area (Å²) in [6.45, 7) is 6.90. The normalized spacial score (nSPS) is 11.7. The monoisotopic (exact) mass is 179 g/mol. The van der Waals surface area contributed by atoms with Gasteiger partial charge in [-0.25, -0.2) is 0 Å². The van der Waals surface area contributed by atoms with E-state index in [9.17, 15) is 0 Å². The van der Waals surface area contributed by atoms with Gasteiger partial charge in [0.1, 0.15) is 0 Å². The fourth-order valence-corrected chi connectivity index (χ4v) is 1.23. The van der Waals surface area contributed by atoms with Crippen molar-refractivity contribution >= 4 is 0 Å². The highest BCUT2D eigenvalue weighted by atomic mass is 14.8. The molecule has 2 N–H and O–H groups in total. The number of nitrogens with zero attached hydrogens (tertiary/aromatic N) is 2. The van der Waals surface area contributed by atoms with E-state index < -0.39 is 0 Å². The molecule has 1 heterocycles. The molecule has 0 aromatic carbocycles. The molecule has 0 aliphatic carbocycles. The van der Waals surface area contributed by atoms with E-state index in [1.165, 1.54) is 0 Å². The molecule has 0 spiro atoms. The van der Waals surface area contributed by atoms with E-state index in [1.807, 2.05) is 13.1 Å². The number of aryl methyl sites for hydroxylation is 1. The molecule has 1 rings (SSSR count). The number of rotatable bonds is 3. The Morgan fingerprint density at radius 2 is 2.00 bits per heavy atom. The maximum atomic E-state index is 5.53. The van der Waals surface area contributed by atoms with E-state index >= 15 is 0 Å². The highest BCUT2D eigenvalue weighted by Gasteiger charge is 2.21. The van der Waals surface area contributed by atoms with Crippen LogP contribution in [0.25, 0.3) is 0 Å². The van der Waals surface area contributed by atoms with Crippen LogP contribution in [0.4, 0.5) is 0 Å². The standard InChI is InChI=1S/C10H17N3/c1-8-6-13-9(7-12-8)10(2,3)4-5-11/h6-7H,4-5,11H2,1-3H3. The van der Waals surface area contributed by atoms with E-state index in [1.54, 1.807) is 6.20 Å². The average Bonchev–Trinajstić information content (AvgIpc) is 2.05. The van der Waals surface area contributed by atoms with Crippen molar-refractivity contribution in [2.75, 3.05) is 6.54 Å². The molecule has 0 saturated heterocycles. The Balaban J connectivity index is 2.87. The summed E-state index contributed by atoms with van der Waals surface area (Å²) in [6, 6.07) is 0. The van der Waals surface area contributed by atoms with Gasteiger partial charge in [-0.2, -0.15) is 0 Å². The molecule has 13 heavy (non-hydrogen) atoms. The summed E-state index contributed by atoms with van der Waals surface area (Å²) < 4.78 is 0. The highest BCUT2D eigenvalue weighted by molar-refractivity contribution is 5.11. The minimum absolute atomic E-state index is 0.0372. The van der Waals surface area contributed by atoms with Crippen molar-refractivity contribution in [1.82, 2.24) is 9.97 Å². The maximum Gasteiger partial charge on any atom is 0.0643 e. The molecule has 0 aliphatic rings. The molecule has 1 aromatic heterocycles. The quantitative estimate of drug-likeness (QED) is 0.763. The first-order chi connectivity index (χ1) is 6.06. The van der Waals surface area contributed by atoms with Crippen LogP contribution < -0.4 is 5.73 Å². The molecule has 0 fully saturated rings. The van der Waals surface area contributed by atoms with Gasteiger partial charge in [0.25, 0.3) is 0 Å². The lowest BCUT2D eigenvalue weighted by Crippen LogP contribution is -2.23. The Bertz CT molecular complexity index is 264. The van der Waals surface area contributed by atoms with Gasteiger partial charge in [0, 0.05) is 17.8 Å². The summed E-state index contributed by atoms with van der Waals surface area (Å²) in [7, 11) is 0. The minimum atomic E-state index is 0.0372. The number of aromatic nitrogens is 2. The van der Waals surface area contributed by atoms with Crippen molar-refractivity contribution in [3.63, 3.8) is 0 Å². The first kappa shape index (κ1) is 10.1. The lowest BCUT2D eigenvalue weighted by atomic mass is 9.86. The van der Waals surface area contributed by atoms with Crippen LogP contribution in [0.5, 0.6) is 0 Å². The molecule has 0 aliphatic heterocycles. The zero-order valence-corrected chi connectivity index (χ0v) is 8.54. The second-order valence-corrected chi connectivity index (χ2v) is 3.97. The molecule has 3 nitrogen and oxygen atoms in total. The molecule has 0 atom stereocenters. The number of nitrogens with two attached hydrogens (primary N) is 1. The first-order valence-corrected chi connectivity index (χ1v) is 4.55. The zero-order valence-electron chi connectivity index (χ0n) is 8.54. The summed E-state index contributed by atoms with van der Waals surface area (Å²) in [5, 5.41) is 0. The molecule has 1 aromatic rings. The second kappa shape index (κ2) is 3.83. The van der Waals surface area contributed by atoms with Crippen LogP contribution in [-0.4, -0.2) is 16.5 Å². The molecule has 72 valence electrons. The van der Waals surface area contributed by atoms with Gasteiger partial charge < -0.3 is 5.73 Å². The van der Waals surface area contributed by atoms with Crippen LogP contribution in [0.1, 0.15) is 31.7 Å². The molecular weight excluding hydrogens is 162 g/mol. The van der Waals surface area contributed by atoms with E-state index in [4.69, 9.17) is 5.73 Å². The Morgan fingerprint density at radius 3 is 2.46 bits per heavy atom. The minimum Gasteiger partial charge on any atom is -0.330 e. The molecular formula is C10H17N3. The van der Waals surface area contributed by atoms with Crippen molar-refractivity contribution < 1.29 is 0 Å². The third kappa shape index (κ3) is 2.49. The zero-order chi connectivity index (χ0) is 9.90. The SMILES string of the molecule is Cc1cnc(C(C)(C)CCN)cn1. The van der Waals surface area contributed by atoms with Gasteiger partial charge in [-0.15, -0.1) is 0 Å². The van der Waals surface area contributed by atoms with Gasteiger partial charge in [0.05, 0.1) is 11.4 Å². The van der Waals surface area contributed by atoms with Gasteiger partial charge in [-0.05, 0) is 19.9 Å². The molecule has 3 heteroatoms. The molecule has 0 amide bonds. The van der Waals surface area contributed by atoms with Gasteiger partial charge in [0.2, 0.25) is 0 Å². The lowest BCUT2D eigenvalue weighted by molar-refractivity contribution is 0.471. The Hall–Kier alpha value is -0.960. The fraction of sp³-hybridized carbons (Fsp3) is 0.600. The van der Waals surface area contributed by atoms with Crippen LogP contribution in [0.15, 0.2) is 12.4 Å². The highest BCUT2D eigenvalue weighted by Crippen LogP contribution is 2.23. The summed E-state index contributed by atoms with van der Waals surface area (Å²) in [5.74, 6) is 0. The van der Waals surface area contributed by atoms with E-state index in [2.05, 4.69) is 23.8 Å². The van der Waals surface area contributed by atoms with Crippen molar-refractivity contribution in [3.8, 4) is 0 Å². The van der Waals surface area contributed by atoms with Gasteiger partial charge in [-0.3, -0.25) is 9.97 Å². The van der Waals surface area contributed by atoms with Crippen molar-refractivity contribution in [1.29, 1.82) is 0 Å². The van der Waals surface area contributed by atoms with Crippen LogP contribution in [0.3, 0.4) is 0 Å². The maximum absolute atomic E-state index is 5.53. The first-order valence-electron chi connectivity index (χ1n) is 4.55. The Labute approximate surface area is 79.4 Å². The van der Waals surface area contributed by atoms with Crippen LogP contribution in [0, 0.1) is 6.92 Å². The number of hydrogen-bond donors (Lipinski definition) is 1. The van der Waals surface area contributed by atoms with Crippen LogP contribution >= 0.6 is 0 Å². The fourth-order valence-electron chi connectivity index (χ4n) is 1.23. The predicted octanol–water partition coefficient (Wildman–Crippen LogP) is 1.41. The van der Waals surface area contributed by atoms with E-state index in [-0.39, 0.29) is 5.41 Å². The Morgan fingerprint density at radius 1 is 1.31 bits per heavy atom. The van der Waals surface area contributed by atoms with Crippen molar-refractivity contribution in [3.05, 3.63) is 23.8 Å². The molecule has 0 bridgehead atoms. The van der Waals surface area contributed by atoms with E-state index in [0.717, 1.165) is 17.8 Å². The summed E-state index contributed by atoms with van der Waals surface area (Å²) in [5.41, 5.74) is 7.54. The summed E-state index contributed by atoms with van der Waals surface area (Å²) in [6.07, 6.45) is 4.57. The van der Waals surface area contributed by atoms with Crippen LogP contribution in [0.2, 0.25) is 0 Å². The van der Waals surface area contributed by atoms with Crippen molar-refractivity contribution in [2.45, 2.75) is 32.6 Å². The smallest absolute Gasteiger partial charge is 0.0643 e. The summed E-state index contributed by atoms with van der Waals surface area (Å²) in [4.78, 5) is 8.57. The molecule has 0 radical (unpaired) electrons. The molecule has 0 saturated carbocycles. The number of hydrogen-bond acceptors (Lipinski definition) is 3. The van der Waals surface area contributed by atoms with Crippen LogP contribution in [-0.2, 0) is 5.41 Å². The molecule has 0 unspecified atom stereocenters. The van der Waals surface area contributed by atoms with Crippen molar-refractivity contribution in [2.24, 2.45) is 5.73 Å². The summed E-state index contributed by atoms with van der Waals surface area (Å²) >= 11 is 0. The predicted molar refractivity (Wildman–Crippen MR) is 53.5 cm³/mol. The van der Waals surface area contributed by atoms with Gasteiger partial charge in [0.15, 0.2) is 0 Å². The van der Waals surface area contributed by atoms with E-state index in [0.29, 0.717) is 6.54 Å².